The van der Waals surface area contributed by atoms with E-state index in [1.54, 1.807) is 0 Å². The summed E-state index contributed by atoms with van der Waals surface area (Å²) in [5, 5.41) is 0. The average molecular weight is 364 g/mol. The molecule has 0 unspecified atom stereocenters. The van der Waals surface area contributed by atoms with E-state index in [1.807, 2.05) is 62.0 Å². The molecule has 0 amide bonds. The molecular formula is C14H21IO3. The van der Waals surface area contributed by atoms with Crippen LogP contribution in [0.5, 0.6) is 0 Å². The topological polar surface area (TPSA) is 27.7 Å². The van der Waals surface area contributed by atoms with Gasteiger partial charge in [0.05, 0.1) is 25.4 Å². The molecule has 102 valence electrons. The van der Waals surface area contributed by atoms with Gasteiger partial charge in [0.1, 0.15) is 29.1 Å². The highest BCUT2D eigenvalue weighted by molar-refractivity contribution is 14.1. The molecule has 0 heterocycles. The summed E-state index contributed by atoms with van der Waals surface area (Å²) in [6.45, 7) is 7.77. The second-order valence-electron chi connectivity index (χ2n) is 5.13. The first-order valence-electron chi connectivity index (χ1n) is 6.04. The zero-order chi connectivity index (χ0) is 13.4. The van der Waals surface area contributed by atoms with Gasteiger partial charge in [0, 0.05) is 0 Å². The summed E-state index contributed by atoms with van der Waals surface area (Å²) in [6.07, 6.45) is -0.0365. The maximum atomic E-state index is 5.86. The Balaban J connectivity index is 2.33. The fraction of sp³-hybridized carbons (Fsp3) is 0.571. The van der Waals surface area contributed by atoms with Gasteiger partial charge in [-0.25, -0.2) is 0 Å². The summed E-state index contributed by atoms with van der Waals surface area (Å²) in [7, 11) is 0. The molecule has 0 aliphatic carbocycles. The lowest BCUT2D eigenvalue weighted by Gasteiger charge is -2.26. The highest BCUT2D eigenvalue weighted by Crippen LogP contribution is 2.13. The zero-order valence-electron chi connectivity index (χ0n) is 11.2. The minimum absolute atomic E-state index is 0.0365. The third-order valence-corrected chi connectivity index (χ3v) is 2.54. The number of benzene rings is 1. The van der Waals surface area contributed by atoms with E-state index in [-0.39, 0.29) is 11.7 Å². The molecule has 3 nitrogen and oxygen atoms in total. The van der Waals surface area contributed by atoms with Crippen molar-refractivity contribution in [1.29, 1.82) is 0 Å². The Labute approximate surface area is 124 Å². The minimum Gasteiger partial charge on any atom is -0.374 e. The number of hydrogen-bond donors (Lipinski definition) is 0. The van der Waals surface area contributed by atoms with Crippen LogP contribution in [0, 0.1) is 0 Å². The summed E-state index contributed by atoms with van der Waals surface area (Å²) >= 11 is 1.88. The zero-order valence-corrected chi connectivity index (χ0v) is 13.3. The first-order chi connectivity index (χ1) is 8.51. The molecule has 0 aliphatic rings. The molecule has 1 rings (SSSR count). The lowest BCUT2D eigenvalue weighted by Crippen LogP contribution is -2.33. The summed E-state index contributed by atoms with van der Waals surface area (Å²) < 4.78 is 16.7. The third kappa shape index (κ3) is 7.31. The molecule has 0 aliphatic heterocycles. The summed E-state index contributed by atoms with van der Waals surface area (Å²) in [5.41, 5.74) is 0.984. The molecule has 0 aromatic heterocycles. The maximum Gasteiger partial charge on any atom is 0.109 e. The molecular weight excluding hydrogens is 343 g/mol. The Hall–Kier alpha value is -0.170. The van der Waals surface area contributed by atoms with Crippen molar-refractivity contribution in [2.45, 2.75) is 39.1 Å². The van der Waals surface area contributed by atoms with E-state index >= 15 is 0 Å². The van der Waals surface area contributed by atoms with Crippen LogP contribution in [0.4, 0.5) is 0 Å². The predicted molar refractivity (Wildman–Crippen MR) is 80.7 cm³/mol. The van der Waals surface area contributed by atoms with E-state index < -0.39 is 0 Å². The third-order valence-electron chi connectivity index (χ3n) is 2.18. The van der Waals surface area contributed by atoms with Gasteiger partial charge in [0.25, 0.3) is 0 Å². The van der Waals surface area contributed by atoms with Crippen LogP contribution in [0.1, 0.15) is 26.3 Å². The van der Waals surface area contributed by atoms with Gasteiger partial charge in [-0.3, -0.25) is 0 Å². The van der Waals surface area contributed by atoms with Crippen LogP contribution in [0.2, 0.25) is 0 Å². The van der Waals surface area contributed by atoms with Crippen molar-refractivity contribution in [3.8, 4) is 0 Å². The Morgan fingerprint density at radius 1 is 1.11 bits per heavy atom. The first kappa shape index (κ1) is 15.9. The highest BCUT2D eigenvalue weighted by Gasteiger charge is 2.19. The fourth-order valence-corrected chi connectivity index (χ4v) is 1.97. The smallest absolute Gasteiger partial charge is 0.109 e. The molecule has 0 saturated carbocycles. The number of halogens is 1. The quantitative estimate of drug-likeness (QED) is 0.690. The molecule has 1 atom stereocenters. The molecule has 0 saturated heterocycles. The lowest BCUT2D eigenvalue weighted by molar-refractivity contribution is -0.104. The SMILES string of the molecule is CC(C)(C)O[C@H](COI)COCc1ccccc1. The van der Waals surface area contributed by atoms with E-state index in [1.165, 1.54) is 5.56 Å². The van der Waals surface area contributed by atoms with Gasteiger partial charge in [-0.2, -0.15) is 0 Å². The fourth-order valence-electron chi connectivity index (χ4n) is 1.57. The molecule has 0 radical (unpaired) electrons. The molecule has 18 heavy (non-hydrogen) atoms. The first-order valence-corrected chi connectivity index (χ1v) is 6.92. The highest BCUT2D eigenvalue weighted by atomic mass is 127. The summed E-state index contributed by atoms with van der Waals surface area (Å²) in [4.78, 5) is 0. The molecule has 0 bridgehead atoms. The van der Waals surface area contributed by atoms with Crippen LogP contribution in [0.25, 0.3) is 0 Å². The van der Waals surface area contributed by atoms with E-state index in [2.05, 4.69) is 12.1 Å². The Bertz CT molecular complexity index is 322. The van der Waals surface area contributed by atoms with Gasteiger partial charge in [-0.15, -0.1) is 0 Å². The number of hydrogen-bond acceptors (Lipinski definition) is 3. The lowest BCUT2D eigenvalue weighted by atomic mass is 10.2. The van der Waals surface area contributed by atoms with Crippen LogP contribution in [-0.2, 0) is 19.1 Å². The van der Waals surface area contributed by atoms with Gasteiger partial charge >= 0.3 is 0 Å². The van der Waals surface area contributed by atoms with Crippen LogP contribution < -0.4 is 0 Å². The van der Waals surface area contributed by atoms with E-state index in [9.17, 15) is 0 Å². The predicted octanol–water partition coefficient (Wildman–Crippen LogP) is 3.75. The van der Waals surface area contributed by atoms with Crippen LogP contribution in [-0.4, -0.2) is 24.9 Å². The summed E-state index contributed by atoms with van der Waals surface area (Å²) in [6, 6.07) is 10.1. The Kier molecular flexibility index (Phi) is 7.14. The Morgan fingerprint density at radius 3 is 2.33 bits per heavy atom. The van der Waals surface area contributed by atoms with Gasteiger partial charge in [-0.05, 0) is 26.3 Å². The van der Waals surface area contributed by atoms with E-state index in [0.29, 0.717) is 19.8 Å². The maximum absolute atomic E-state index is 5.86. The molecule has 0 spiro atoms. The van der Waals surface area contributed by atoms with Gasteiger partial charge in [-0.1, -0.05) is 30.3 Å². The van der Waals surface area contributed by atoms with Crippen molar-refractivity contribution >= 4 is 23.0 Å². The second-order valence-corrected chi connectivity index (χ2v) is 5.75. The summed E-state index contributed by atoms with van der Waals surface area (Å²) in [5.74, 6) is 0. The molecule has 1 aromatic carbocycles. The van der Waals surface area contributed by atoms with Gasteiger partial charge in [0.15, 0.2) is 0 Å². The monoisotopic (exact) mass is 364 g/mol. The van der Waals surface area contributed by atoms with Gasteiger partial charge in [0.2, 0.25) is 0 Å². The van der Waals surface area contributed by atoms with Crippen molar-refractivity contribution in [3.63, 3.8) is 0 Å². The van der Waals surface area contributed by atoms with Crippen LogP contribution in [0.15, 0.2) is 30.3 Å². The van der Waals surface area contributed by atoms with Crippen molar-refractivity contribution in [2.24, 2.45) is 0 Å². The minimum atomic E-state index is -0.185. The normalized spacial score (nSPS) is 13.6. The average Bonchev–Trinajstić information content (AvgIpc) is 2.28. The Morgan fingerprint density at radius 2 is 1.78 bits per heavy atom. The van der Waals surface area contributed by atoms with Crippen molar-refractivity contribution in [2.75, 3.05) is 13.2 Å². The largest absolute Gasteiger partial charge is 0.374 e. The van der Waals surface area contributed by atoms with E-state index in [4.69, 9.17) is 12.5 Å². The second kappa shape index (κ2) is 8.09. The van der Waals surface area contributed by atoms with Crippen molar-refractivity contribution in [3.05, 3.63) is 35.9 Å². The van der Waals surface area contributed by atoms with Crippen molar-refractivity contribution < 1.29 is 12.5 Å². The number of ether oxygens (including phenoxy) is 2. The standard InChI is InChI=1S/C14H21IO3/c1-14(2,3)18-13(11-17-15)10-16-9-12-7-5-4-6-8-12/h4-8,13H,9-11H2,1-3H3/t13-/m0/s1. The van der Waals surface area contributed by atoms with Gasteiger partial charge < -0.3 is 12.5 Å². The molecule has 4 heteroatoms. The molecule has 0 fully saturated rings. The van der Waals surface area contributed by atoms with Crippen molar-refractivity contribution in [1.82, 2.24) is 0 Å². The molecule has 1 aromatic rings. The van der Waals surface area contributed by atoms with Crippen LogP contribution in [0.3, 0.4) is 0 Å². The van der Waals surface area contributed by atoms with E-state index in [0.717, 1.165) is 0 Å². The number of rotatable bonds is 7. The molecule has 0 N–H and O–H groups in total. The van der Waals surface area contributed by atoms with Crippen LogP contribution >= 0.6 is 23.0 Å².